The first-order chi connectivity index (χ1) is 17.0. The molecule has 0 aliphatic carbocycles. The molecule has 3 N–H and O–H groups in total. The molecule has 1 amide bonds. The molecule has 0 saturated heterocycles. The number of carbonyl (C=O) groups excluding carboxylic acids is 1. The van der Waals surface area contributed by atoms with Crippen LogP contribution < -0.4 is 5.32 Å². The molecule has 0 unspecified atom stereocenters. The van der Waals surface area contributed by atoms with Gasteiger partial charge in [-0.25, -0.2) is 8.78 Å². The molecule has 176 valence electrons. The highest BCUT2D eigenvalue weighted by Gasteiger charge is 2.21. The van der Waals surface area contributed by atoms with Crippen molar-refractivity contribution in [2.45, 2.75) is 12.5 Å². The van der Waals surface area contributed by atoms with Gasteiger partial charge >= 0.3 is 0 Å². The second kappa shape index (κ2) is 10.6. The average Bonchev–Trinajstić information content (AvgIpc) is 3.34. The van der Waals surface area contributed by atoms with Crippen LogP contribution in [-0.2, 0) is 6.42 Å². The summed E-state index contributed by atoms with van der Waals surface area (Å²) in [4.78, 5) is 19.9. The number of azide groups is 1. The number of hydrogen-bond donors (Lipinski definition) is 3. The van der Waals surface area contributed by atoms with Gasteiger partial charge in [0.25, 0.3) is 5.91 Å². The van der Waals surface area contributed by atoms with Crippen molar-refractivity contribution in [3.05, 3.63) is 100 Å². The van der Waals surface area contributed by atoms with E-state index >= 15 is 0 Å². The number of benzene rings is 2. The number of aliphatic hydroxyl groups is 1. The Bertz CT molecular complexity index is 1400. The number of aromatic amines is 1. The van der Waals surface area contributed by atoms with Crippen LogP contribution in [0.2, 0.25) is 0 Å². The number of amides is 1. The van der Waals surface area contributed by atoms with Crippen molar-refractivity contribution in [1.82, 2.24) is 20.5 Å². The van der Waals surface area contributed by atoms with Gasteiger partial charge in [0, 0.05) is 28.2 Å². The molecular formula is C24H19F2N7O2. The SMILES string of the molecule is [N-]=[N+]=Nc1cccc(C[C@H](CO)NC(=O)c2cccc(F)c2-c2cc(-c3ccc(F)cc3)n[nH]2)n1. The molecule has 0 saturated carbocycles. The highest BCUT2D eigenvalue weighted by molar-refractivity contribution is 6.01. The summed E-state index contributed by atoms with van der Waals surface area (Å²) >= 11 is 0. The van der Waals surface area contributed by atoms with E-state index in [1.165, 1.54) is 36.4 Å². The Morgan fingerprint density at radius 3 is 2.66 bits per heavy atom. The van der Waals surface area contributed by atoms with Crippen molar-refractivity contribution < 1.29 is 18.7 Å². The molecular weight excluding hydrogens is 456 g/mol. The van der Waals surface area contributed by atoms with E-state index in [4.69, 9.17) is 5.53 Å². The van der Waals surface area contributed by atoms with Crippen LogP contribution in [0.3, 0.4) is 0 Å². The first kappa shape index (κ1) is 23.6. The van der Waals surface area contributed by atoms with E-state index in [-0.39, 0.29) is 29.1 Å². The standard InChI is InChI=1S/C24H19F2N7O2/c25-15-9-7-14(8-10-15)20-12-21(31-30-20)23-18(4-2-5-19(23)26)24(35)29-17(13-34)11-16-3-1-6-22(28-16)32-33-27/h1-10,12,17,34H,11,13H2,(H,29,35)(H,30,31)/t17-/m1/s1. The van der Waals surface area contributed by atoms with E-state index < -0.39 is 30.2 Å². The van der Waals surface area contributed by atoms with Gasteiger partial charge in [0.2, 0.25) is 0 Å². The zero-order chi connectivity index (χ0) is 24.8. The molecule has 0 aliphatic heterocycles. The zero-order valence-electron chi connectivity index (χ0n) is 18.2. The summed E-state index contributed by atoms with van der Waals surface area (Å²) in [7, 11) is 0. The third-order valence-corrected chi connectivity index (χ3v) is 5.20. The van der Waals surface area contributed by atoms with Gasteiger partial charge < -0.3 is 10.4 Å². The minimum absolute atomic E-state index is 0.00558. The minimum Gasteiger partial charge on any atom is -0.394 e. The van der Waals surface area contributed by atoms with Crippen molar-refractivity contribution in [1.29, 1.82) is 0 Å². The summed E-state index contributed by atoms with van der Waals surface area (Å²) in [6.45, 7) is -0.400. The van der Waals surface area contributed by atoms with Gasteiger partial charge in [-0.1, -0.05) is 12.1 Å². The lowest BCUT2D eigenvalue weighted by Gasteiger charge is -2.17. The highest BCUT2D eigenvalue weighted by atomic mass is 19.1. The van der Waals surface area contributed by atoms with Gasteiger partial charge in [-0.05, 0) is 65.2 Å². The monoisotopic (exact) mass is 475 g/mol. The molecule has 0 spiro atoms. The first-order valence-electron chi connectivity index (χ1n) is 10.5. The lowest BCUT2D eigenvalue weighted by atomic mass is 10.0. The second-order valence-corrected chi connectivity index (χ2v) is 7.57. The van der Waals surface area contributed by atoms with Crippen molar-refractivity contribution in [2.75, 3.05) is 6.61 Å². The Kier molecular flexibility index (Phi) is 7.10. The largest absolute Gasteiger partial charge is 0.394 e. The number of H-pyrrole nitrogens is 1. The van der Waals surface area contributed by atoms with Crippen LogP contribution in [0.5, 0.6) is 0 Å². The fourth-order valence-electron chi connectivity index (χ4n) is 3.56. The zero-order valence-corrected chi connectivity index (χ0v) is 18.2. The summed E-state index contributed by atoms with van der Waals surface area (Å²) in [5.74, 6) is -1.48. The van der Waals surface area contributed by atoms with Gasteiger partial charge in [0.15, 0.2) is 0 Å². The molecule has 4 aromatic rings. The van der Waals surface area contributed by atoms with Gasteiger partial charge in [-0.2, -0.15) is 5.10 Å². The molecule has 1 atom stereocenters. The van der Waals surface area contributed by atoms with Crippen LogP contribution >= 0.6 is 0 Å². The number of halogens is 2. The van der Waals surface area contributed by atoms with Crippen molar-refractivity contribution >= 4 is 11.7 Å². The van der Waals surface area contributed by atoms with Crippen LogP contribution in [0, 0.1) is 11.6 Å². The molecule has 4 rings (SSSR count). The first-order valence-corrected chi connectivity index (χ1v) is 10.5. The lowest BCUT2D eigenvalue weighted by Crippen LogP contribution is -2.39. The fourth-order valence-corrected chi connectivity index (χ4v) is 3.56. The summed E-state index contributed by atoms with van der Waals surface area (Å²) in [6.07, 6.45) is 0.153. The Morgan fingerprint density at radius 1 is 1.14 bits per heavy atom. The minimum atomic E-state index is -0.732. The number of carbonyl (C=O) groups is 1. The number of aromatic nitrogens is 3. The predicted octanol–water partition coefficient (Wildman–Crippen LogP) is 4.69. The Balaban J connectivity index is 1.58. The molecule has 2 aromatic heterocycles. The molecule has 2 aromatic carbocycles. The number of nitrogens with one attached hydrogen (secondary N) is 2. The molecule has 0 bridgehead atoms. The van der Waals surface area contributed by atoms with Crippen molar-refractivity contribution in [3.8, 4) is 22.5 Å². The van der Waals surface area contributed by atoms with E-state index in [2.05, 4.69) is 30.5 Å². The number of nitrogens with zero attached hydrogens (tertiary/aromatic N) is 5. The third kappa shape index (κ3) is 5.49. The Morgan fingerprint density at radius 2 is 1.91 bits per heavy atom. The van der Waals surface area contributed by atoms with Crippen molar-refractivity contribution in [3.63, 3.8) is 0 Å². The maximum Gasteiger partial charge on any atom is 0.252 e. The van der Waals surface area contributed by atoms with Crippen LogP contribution in [0.4, 0.5) is 14.6 Å². The van der Waals surface area contributed by atoms with Gasteiger partial charge in [-0.3, -0.25) is 14.9 Å². The topological polar surface area (TPSA) is 140 Å². The molecule has 0 aliphatic rings. The van der Waals surface area contributed by atoms with E-state index in [1.54, 1.807) is 30.3 Å². The van der Waals surface area contributed by atoms with Gasteiger partial charge in [-0.15, -0.1) is 0 Å². The van der Waals surface area contributed by atoms with E-state index in [0.29, 0.717) is 17.0 Å². The molecule has 0 radical (unpaired) electrons. The fraction of sp³-hybridized carbons (Fsp3) is 0.125. The van der Waals surface area contributed by atoms with Crippen LogP contribution in [0.25, 0.3) is 33.0 Å². The quantitative estimate of drug-likeness (QED) is 0.193. The maximum absolute atomic E-state index is 14.9. The lowest BCUT2D eigenvalue weighted by molar-refractivity contribution is 0.0916. The van der Waals surface area contributed by atoms with Gasteiger partial charge in [0.05, 0.1) is 29.6 Å². The summed E-state index contributed by atoms with van der Waals surface area (Å²) in [5, 5.41) is 22.8. The molecule has 2 heterocycles. The number of aliphatic hydroxyl groups excluding tert-OH is 1. The Labute approximate surface area is 198 Å². The van der Waals surface area contributed by atoms with Crippen LogP contribution in [-0.4, -0.2) is 38.8 Å². The molecule has 0 fully saturated rings. The molecule has 9 nitrogen and oxygen atoms in total. The normalized spacial score (nSPS) is 11.5. The summed E-state index contributed by atoms with van der Waals surface area (Å²) in [5.41, 5.74) is 10.4. The summed E-state index contributed by atoms with van der Waals surface area (Å²) < 4.78 is 28.1. The number of pyridine rings is 1. The van der Waals surface area contributed by atoms with Gasteiger partial charge in [0.1, 0.15) is 17.5 Å². The number of rotatable bonds is 8. The van der Waals surface area contributed by atoms with Crippen LogP contribution in [0.1, 0.15) is 16.1 Å². The third-order valence-electron chi connectivity index (χ3n) is 5.20. The second-order valence-electron chi connectivity index (χ2n) is 7.57. The average molecular weight is 475 g/mol. The van der Waals surface area contributed by atoms with E-state index in [0.717, 1.165) is 0 Å². The van der Waals surface area contributed by atoms with E-state index in [1.807, 2.05) is 0 Å². The smallest absolute Gasteiger partial charge is 0.252 e. The van der Waals surface area contributed by atoms with E-state index in [9.17, 15) is 18.7 Å². The number of hydrogen-bond acceptors (Lipinski definition) is 5. The maximum atomic E-state index is 14.9. The summed E-state index contributed by atoms with van der Waals surface area (Å²) in [6, 6.07) is 15.4. The van der Waals surface area contributed by atoms with Crippen LogP contribution in [0.15, 0.2) is 71.8 Å². The Hall–Kier alpha value is -4.60. The highest BCUT2D eigenvalue weighted by Crippen LogP contribution is 2.29. The molecule has 35 heavy (non-hydrogen) atoms. The molecule has 11 heteroatoms. The van der Waals surface area contributed by atoms with Crippen molar-refractivity contribution in [2.24, 2.45) is 5.11 Å². The predicted molar refractivity (Wildman–Crippen MR) is 124 cm³/mol.